The summed E-state index contributed by atoms with van der Waals surface area (Å²) in [6.07, 6.45) is 1.59. The SMILES string of the molecule is CN(C)C=C1C(=O)C(C)(c2ccccc2)C1=O. The molecular formula is C14H15NO2. The Labute approximate surface area is 101 Å². The first-order chi connectivity index (χ1) is 7.98. The van der Waals surface area contributed by atoms with E-state index in [0.29, 0.717) is 5.57 Å². The molecule has 1 aliphatic carbocycles. The van der Waals surface area contributed by atoms with Crippen molar-refractivity contribution in [3.05, 3.63) is 47.7 Å². The largest absolute Gasteiger partial charge is 0.383 e. The highest BCUT2D eigenvalue weighted by molar-refractivity contribution is 6.44. The van der Waals surface area contributed by atoms with Crippen molar-refractivity contribution in [2.45, 2.75) is 12.3 Å². The van der Waals surface area contributed by atoms with Crippen LogP contribution in [0.15, 0.2) is 42.1 Å². The molecule has 3 heteroatoms. The smallest absolute Gasteiger partial charge is 0.186 e. The summed E-state index contributed by atoms with van der Waals surface area (Å²) < 4.78 is 0. The van der Waals surface area contributed by atoms with Crippen molar-refractivity contribution in [1.82, 2.24) is 4.90 Å². The first-order valence-electron chi connectivity index (χ1n) is 5.51. The molecular weight excluding hydrogens is 214 g/mol. The maximum atomic E-state index is 12.1. The topological polar surface area (TPSA) is 37.4 Å². The number of allylic oxidation sites excluding steroid dienone is 1. The molecule has 0 N–H and O–H groups in total. The number of hydrogen-bond donors (Lipinski definition) is 0. The third kappa shape index (κ3) is 1.58. The average Bonchev–Trinajstić information content (AvgIpc) is 2.35. The molecule has 2 rings (SSSR count). The van der Waals surface area contributed by atoms with Crippen molar-refractivity contribution in [3.63, 3.8) is 0 Å². The molecule has 3 nitrogen and oxygen atoms in total. The molecule has 1 fully saturated rings. The summed E-state index contributed by atoms with van der Waals surface area (Å²) >= 11 is 0. The minimum atomic E-state index is -0.983. The van der Waals surface area contributed by atoms with Crippen molar-refractivity contribution in [3.8, 4) is 0 Å². The maximum Gasteiger partial charge on any atom is 0.186 e. The van der Waals surface area contributed by atoms with Crippen molar-refractivity contribution in [2.24, 2.45) is 0 Å². The highest BCUT2D eigenvalue weighted by atomic mass is 16.2. The quantitative estimate of drug-likeness (QED) is 0.438. The van der Waals surface area contributed by atoms with Gasteiger partial charge in [-0.3, -0.25) is 9.59 Å². The van der Waals surface area contributed by atoms with Crippen LogP contribution in [0, 0.1) is 0 Å². The summed E-state index contributed by atoms with van der Waals surface area (Å²) in [6, 6.07) is 9.20. The van der Waals surface area contributed by atoms with E-state index in [1.54, 1.807) is 32.1 Å². The van der Waals surface area contributed by atoms with E-state index in [4.69, 9.17) is 0 Å². The number of benzene rings is 1. The first kappa shape index (κ1) is 11.6. The lowest BCUT2D eigenvalue weighted by Gasteiger charge is -2.37. The molecule has 88 valence electrons. The van der Waals surface area contributed by atoms with Gasteiger partial charge in [-0.15, -0.1) is 0 Å². The minimum absolute atomic E-state index is 0.0950. The molecule has 1 saturated carbocycles. The number of carbonyl (C=O) groups excluding carboxylic acids is 2. The van der Waals surface area contributed by atoms with Crippen molar-refractivity contribution >= 4 is 11.6 Å². The number of carbonyl (C=O) groups is 2. The Bertz CT molecular complexity index is 482. The van der Waals surface area contributed by atoms with Crippen molar-refractivity contribution in [1.29, 1.82) is 0 Å². The molecule has 0 spiro atoms. The van der Waals surface area contributed by atoms with Gasteiger partial charge in [0.1, 0.15) is 5.41 Å². The highest BCUT2D eigenvalue weighted by Gasteiger charge is 2.56. The van der Waals surface area contributed by atoms with Crippen LogP contribution in [0.3, 0.4) is 0 Å². The standard InChI is InChI=1S/C14H15NO2/c1-14(10-7-5-4-6-8-10)12(16)11(13(14)17)9-15(2)3/h4-9H,1-3H3. The van der Waals surface area contributed by atoms with E-state index < -0.39 is 5.41 Å². The monoisotopic (exact) mass is 229 g/mol. The fourth-order valence-corrected chi connectivity index (χ4v) is 2.09. The average molecular weight is 229 g/mol. The number of Topliss-reactive ketones (excluding diaryl/α,β-unsaturated/α-hetero) is 2. The summed E-state index contributed by atoms with van der Waals surface area (Å²) in [6.45, 7) is 1.69. The van der Waals surface area contributed by atoms with E-state index in [1.807, 2.05) is 30.3 Å². The molecule has 1 aliphatic rings. The van der Waals surface area contributed by atoms with E-state index in [9.17, 15) is 9.59 Å². The van der Waals surface area contributed by atoms with Gasteiger partial charge in [0.2, 0.25) is 0 Å². The van der Waals surface area contributed by atoms with Gasteiger partial charge in [0.05, 0.1) is 5.57 Å². The molecule has 0 amide bonds. The van der Waals surface area contributed by atoms with E-state index in [0.717, 1.165) is 5.56 Å². The zero-order valence-electron chi connectivity index (χ0n) is 10.2. The molecule has 0 aromatic heterocycles. The van der Waals surface area contributed by atoms with Crippen LogP contribution in [0.1, 0.15) is 12.5 Å². The number of rotatable bonds is 2. The van der Waals surface area contributed by atoms with Crippen LogP contribution in [0.2, 0.25) is 0 Å². The molecule has 0 aliphatic heterocycles. The van der Waals surface area contributed by atoms with E-state index in [1.165, 1.54) is 0 Å². The predicted octanol–water partition coefficient (Wildman–Crippen LogP) is 1.54. The van der Waals surface area contributed by atoms with Gasteiger partial charge in [-0.25, -0.2) is 0 Å². The highest BCUT2D eigenvalue weighted by Crippen LogP contribution is 2.40. The minimum Gasteiger partial charge on any atom is -0.383 e. The summed E-state index contributed by atoms with van der Waals surface area (Å²) in [4.78, 5) is 25.9. The lowest BCUT2D eigenvalue weighted by molar-refractivity contribution is -0.138. The van der Waals surface area contributed by atoms with E-state index in [-0.39, 0.29) is 11.6 Å². The van der Waals surface area contributed by atoms with Crippen LogP contribution >= 0.6 is 0 Å². The summed E-state index contributed by atoms with van der Waals surface area (Å²) in [5.41, 5.74) is 0.0792. The number of hydrogen-bond acceptors (Lipinski definition) is 3. The van der Waals surface area contributed by atoms with Gasteiger partial charge in [-0.1, -0.05) is 30.3 Å². The molecule has 1 aromatic carbocycles. The van der Waals surface area contributed by atoms with Crippen LogP contribution in [0.5, 0.6) is 0 Å². The second-order valence-electron chi connectivity index (χ2n) is 4.66. The van der Waals surface area contributed by atoms with Crippen LogP contribution < -0.4 is 0 Å². The van der Waals surface area contributed by atoms with Crippen LogP contribution in [0.4, 0.5) is 0 Å². The Morgan fingerprint density at radius 3 is 2.06 bits per heavy atom. The third-order valence-corrected chi connectivity index (χ3v) is 3.14. The van der Waals surface area contributed by atoms with Crippen molar-refractivity contribution < 1.29 is 9.59 Å². The summed E-state index contributed by atoms with van der Waals surface area (Å²) in [7, 11) is 3.59. The van der Waals surface area contributed by atoms with Gasteiger partial charge < -0.3 is 4.90 Å². The Kier molecular flexibility index (Phi) is 2.62. The molecule has 0 heterocycles. The lowest BCUT2D eigenvalue weighted by atomic mass is 9.61. The van der Waals surface area contributed by atoms with Gasteiger partial charge in [0.25, 0.3) is 0 Å². The second kappa shape index (κ2) is 3.84. The molecule has 0 bridgehead atoms. The van der Waals surface area contributed by atoms with Crippen LogP contribution in [0.25, 0.3) is 0 Å². The van der Waals surface area contributed by atoms with Crippen LogP contribution in [-0.2, 0) is 15.0 Å². The molecule has 0 atom stereocenters. The zero-order valence-corrected chi connectivity index (χ0v) is 10.2. The Morgan fingerprint density at radius 1 is 1.06 bits per heavy atom. The maximum absolute atomic E-state index is 12.1. The van der Waals surface area contributed by atoms with E-state index >= 15 is 0 Å². The molecule has 0 saturated heterocycles. The van der Waals surface area contributed by atoms with Crippen molar-refractivity contribution in [2.75, 3.05) is 14.1 Å². The first-order valence-corrected chi connectivity index (χ1v) is 5.51. The third-order valence-electron chi connectivity index (χ3n) is 3.14. The van der Waals surface area contributed by atoms with Gasteiger partial charge in [0.15, 0.2) is 11.6 Å². The number of nitrogens with zero attached hydrogens (tertiary/aromatic N) is 1. The summed E-state index contributed by atoms with van der Waals surface area (Å²) in [5.74, 6) is -0.190. The van der Waals surface area contributed by atoms with E-state index in [2.05, 4.69) is 0 Å². The normalized spacial score (nSPS) is 23.4. The van der Waals surface area contributed by atoms with Crippen LogP contribution in [-0.4, -0.2) is 30.6 Å². The predicted molar refractivity (Wildman–Crippen MR) is 65.6 cm³/mol. The fraction of sp³-hybridized carbons (Fsp3) is 0.286. The van der Waals surface area contributed by atoms with Gasteiger partial charge in [-0.2, -0.15) is 0 Å². The zero-order chi connectivity index (χ0) is 12.6. The lowest BCUT2D eigenvalue weighted by Crippen LogP contribution is -2.55. The molecule has 17 heavy (non-hydrogen) atoms. The summed E-state index contributed by atoms with van der Waals surface area (Å²) in [5, 5.41) is 0. The van der Waals surface area contributed by atoms with Gasteiger partial charge >= 0.3 is 0 Å². The molecule has 0 radical (unpaired) electrons. The molecule has 0 unspecified atom stereocenters. The van der Waals surface area contributed by atoms with Gasteiger partial charge in [0, 0.05) is 20.3 Å². The Morgan fingerprint density at radius 2 is 1.59 bits per heavy atom. The molecule has 1 aromatic rings. The number of ketones is 2. The Hall–Kier alpha value is -1.90. The fourth-order valence-electron chi connectivity index (χ4n) is 2.09. The van der Waals surface area contributed by atoms with Gasteiger partial charge in [-0.05, 0) is 12.5 Å². The second-order valence-corrected chi connectivity index (χ2v) is 4.66. The Balaban J connectivity index is 2.39.